The average Bonchev–Trinajstić information content (AvgIpc) is 3.15. The van der Waals surface area contributed by atoms with E-state index in [-0.39, 0.29) is 5.41 Å². The summed E-state index contributed by atoms with van der Waals surface area (Å²) < 4.78 is 6.48. The quantitative estimate of drug-likeness (QED) is 0.326. The molecule has 0 aromatic heterocycles. The van der Waals surface area contributed by atoms with Crippen LogP contribution in [0.3, 0.4) is 0 Å². The van der Waals surface area contributed by atoms with Gasteiger partial charge in [0.25, 0.3) is 0 Å². The van der Waals surface area contributed by atoms with E-state index in [1.165, 1.54) is 42.4 Å². The van der Waals surface area contributed by atoms with Crippen LogP contribution in [0.25, 0.3) is 0 Å². The Bertz CT molecular complexity index is 950. The van der Waals surface area contributed by atoms with Crippen molar-refractivity contribution >= 4 is 5.78 Å². The molecular formula is C32H44O2. The van der Waals surface area contributed by atoms with Gasteiger partial charge >= 0.3 is 0 Å². The number of hydrogen-bond donors (Lipinski definition) is 0. The fourth-order valence-corrected chi connectivity index (χ4v) is 7.28. The number of rotatable bonds is 5. The summed E-state index contributed by atoms with van der Waals surface area (Å²) in [6.45, 7) is 13.6. The highest BCUT2D eigenvalue weighted by Crippen LogP contribution is 2.64. The van der Waals surface area contributed by atoms with Crippen LogP contribution in [0.4, 0.5) is 0 Å². The number of carbonyl (C=O) groups excluding carboxylic acids is 1. The monoisotopic (exact) mass is 460 g/mol. The molecule has 4 aliphatic rings. The molecule has 0 bridgehead atoms. The van der Waals surface area contributed by atoms with Crippen LogP contribution in [0, 0.1) is 24.2 Å². The highest BCUT2D eigenvalue weighted by Gasteiger charge is 2.57. The highest BCUT2D eigenvalue weighted by molar-refractivity contribution is 5.93. The maximum Gasteiger partial charge on any atom is 0.156 e. The third kappa shape index (κ3) is 4.76. The molecule has 1 aromatic carbocycles. The summed E-state index contributed by atoms with van der Waals surface area (Å²) in [4.78, 5) is 12.1. The molecule has 0 N–H and O–H groups in total. The lowest BCUT2D eigenvalue weighted by atomic mass is 9.53. The third-order valence-electron chi connectivity index (χ3n) is 8.77. The van der Waals surface area contributed by atoms with Crippen LogP contribution in [0.5, 0.6) is 0 Å². The molecule has 4 aliphatic carbocycles. The SMILES string of the molecule is C=CCCOC1CCC2C3CCC4=CC(=O)CCC4=C3C(c3ccc(C)cc3)C[C@]12C.CCC. The van der Waals surface area contributed by atoms with E-state index in [4.69, 9.17) is 4.74 Å². The van der Waals surface area contributed by atoms with Crippen LogP contribution in [-0.4, -0.2) is 18.5 Å². The third-order valence-corrected chi connectivity index (χ3v) is 8.77. The summed E-state index contributed by atoms with van der Waals surface area (Å²) in [5.41, 5.74) is 7.56. The second-order valence-electron chi connectivity index (χ2n) is 11.2. The summed E-state index contributed by atoms with van der Waals surface area (Å²) in [6.07, 6.45) is 14.0. The Morgan fingerprint density at radius 3 is 2.53 bits per heavy atom. The van der Waals surface area contributed by atoms with Crippen LogP contribution in [0.15, 0.2) is 59.7 Å². The first-order valence-electron chi connectivity index (χ1n) is 13.7. The van der Waals surface area contributed by atoms with Gasteiger partial charge < -0.3 is 4.74 Å². The summed E-state index contributed by atoms with van der Waals surface area (Å²) in [5, 5.41) is 0. The largest absolute Gasteiger partial charge is 0.377 e. The van der Waals surface area contributed by atoms with Crippen molar-refractivity contribution in [3.63, 3.8) is 0 Å². The van der Waals surface area contributed by atoms with Crippen LogP contribution in [0.1, 0.15) is 95.6 Å². The number of allylic oxidation sites excluding steroid dienone is 4. The van der Waals surface area contributed by atoms with Crippen molar-refractivity contribution < 1.29 is 9.53 Å². The molecule has 2 heteroatoms. The van der Waals surface area contributed by atoms with Crippen molar-refractivity contribution in [3.05, 3.63) is 70.8 Å². The van der Waals surface area contributed by atoms with Crippen LogP contribution >= 0.6 is 0 Å². The number of ketones is 1. The fourth-order valence-electron chi connectivity index (χ4n) is 7.28. The van der Waals surface area contributed by atoms with Gasteiger partial charge in [-0.15, -0.1) is 6.58 Å². The molecule has 0 aliphatic heterocycles. The van der Waals surface area contributed by atoms with E-state index < -0.39 is 0 Å². The smallest absolute Gasteiger partial charge is 0.156 e. The Morgan fingerprint density at radius 1 is 1.09 bits per heavy atom. The zero-order valence-electron chi connectivity index (χ0n) is 21.9. The number of aryl methyl sites for hydroxylation is 1. The molecule has 0 spiro atoms. The van der Waals surface area contributed by atoms with E-state index in [0.717, 1.165) is 32.3 Å². The predicted octanol–water partition coefficient (Wildman–Crippen LogP) is 8.27. The van der Waals surface area contributed by atoms with Gasteiger partial charge in [-0.3, -0.25) is 4.79 Å². The van der Waals surface area contributed by atoms with E-state index in [1.54, 1.807) is 11.1 Å². The van der Waals surface area contributed by atoms with Crippen LogP contribution in [-0.2, 0) is 9.53 Å². The number of hydrogen-bond acceptors (Lipinski definition) is 2. The molecule has 184 valence electrons. The molecule has 1 aromatic rings. The van der Waals surface area contributed by atoms with Gasteiger partial charge in [-0.2, -0.15) is 0 Å². The molecule has 0 radical (unpaired) electrons. The first-order valence-corrected chi connectivity index (χ1v) is 13.7. The molecule has 2 fully saturated rings. The number of ether oxygens (including phenoxy) is 1. The van der Waals surface area contributed by atoms with Gasteiger partial charge in [-0.1, -0.05) is 68.7 Å². The second kappa shape index (κ2) is 10.8. The van der Waals surface area contributed by atoms with E-state index in [1.807, 2.05) is 12.2 Å². The van der Waals surface area contributed by atoms with Gasteiger partial charge in [-0.25, -0.2) is 0 Å². The zero-order chi connectivity index (χ0) is 24.3. The molecule has 4 unspecified atom stereocenters. The van der Waals surface area contributed by atoms with Gasteiger partial charge in [0, 0.05) is 12.3 Å². The van der Waals surface area contributed by atoms with Gasteiger partial charge in [0.05, 0.1) is 12.7 Å². The summed E-state index contributed by atoms with van der Waals surface area (Å²) in [6, 6.07) is 9.23. The predicted molar refractivity (Wildman–Crippen MR) is 142 cm³/mol. The lowest BCUT2D eigenvalue weighted by Crippen LogP contribution is -2.45. The van der Waals surface area contributed by atoms with Crippen molar-refractivity contribution in [2.24, 2.45) is 17.3 Å². The van der Waals surface area contributed by atoms with Gasteiger partial charge in [0.1, 0.15) is 0 Å². The van der Waals surface area contributed by atoms with Gasteiger partial charge in [0.2, 0.25) is 0 Å². The minimum atomic E-state index is 0.219. The number of carbonyl (C=O) groups is 1. The number of benzene rings is 1. The molecule has 5 rings (SSSR count). The van der Waals surface area contributed by atoms with Crippen molar-refractivity contribution in [1.29, 1.82) is 0 Å². The van der Waals surface area contributed by atoms with Crippen molar-refractivity contribution in [1.82, 2.24) is 0 Å². The lowest BCUT2D eigenvalue weighted by molar-refractivity contribution is -0.114. The molecule has 0 saturated heterocycles. The summed E-state index contributed by atoms with van der Waals surface area (Å²) in [7, 11) is 0. The molecule has 2 saturated carbocycles. The van der Waals surface area contributed by atoms with Crippen LogP contribution in [0.2, 0.25) is 0 Å². The molecule has 34 heavy (non-hydrogen) atoms. The average molecular weight is 461 g/mol. The fraction of sp³-hybridized carbons (Fsp3) is 0.594. The Morgan fingerprint density at radius 2 is 1.82 bits per heavy atom. The highest BCUT2D eigenvalue weighted by atomic mass is 16.5. The molecular weight excluding hydrogens is 416 g/mol. The van der Waals surface area contributed by atoms with Crippen molar-refractivity contribution in [2.75, 3.05) is 6.61 Å². The minimum absolute atomic E-state index is 0.219. The van der Waals surface area contributed by atoms with Crippen LogP contribution < -0.4 is 0 Å². The first kappa shape index (κ1) is 25.2. The maximum absolute atomic E-state index is 12.1. The van der Waals surface area contributed by atoms with E-state index >= 15 is 0 Å². The normalized spacial score (nSPS) is 32.1. The zero-order valence-corrected chi connectivity index (χ0v) is 21.9. The Labute approximate surface area is 207 Å². The Balaban J connectivity index is 0.000000868. The van der Waals surface area contributed by atoms with E-state index in [0.29, 0.717) is 36.1 Å². The molecule has 0 amide bonds. The standard InChI is InChI=1S/C29H36O2.C3H8/c1-4-5-16-31-27-15-14-26-24-12-10-21-17-22(30)11-13-23(21)28(24)25(18-29(26,27)3)20-8-6-19(2)7-9-20;1-3-2/h4,6-9,17,24-27H,1,5,10-16,18H2,2-3H3;3H2,1-2H3/t24?,25?,26?,27?,29-;/m0./s1. The van der Waals surface area contributed by atoms with E-state index in [2.05, 4.69) is 58.5 Å². The van der Waals surface area contributed by atoms with Crippen molar-refractivity contribution in [2.45, 2.75) is 97.5 Å². The van der Waals surface area contributed by atoms with Gasteiger partial charge in [-0.05, 0) is 91.9 Å². The first-order chi connectivity index (χ1) is 16.4. The van der Waals surface area contributed by atoms with Gasteiger partial charge in [0.15, 0.2) is 5.78 Å². The van der Waals surface area contributed by atoms with E-state index in [9.17, 15) is 4.79 Å². The minimum Gasteiger partial charge on any atom is -0.377 e. The lowest BCUT2D eigenvalue weighted by Gasteiger charge is -2.52. The molecule has 0 heterocycles. The number of fused-ring (bicyclic) bond motifs is 4. The Hall–Kier alpha value is -1.93. The summed E-state index contributed by atoms with van der Waals surface area (Å²) in [5.74, 6) is 2.10. The molecule has 5 atom stereocenters. The van der Waals surface area contributed by atoms with Crippen molar-refractivity contribution in [3.8, 4) is 0 Å². The topological polar surface area (TPSA) is 26.3 Å². The second-order valence-corrected chi connectivity index (χ2v) is 11.2. The Kier molecular flexibility index (Phi) is 7.97. The maximum atomic E-state index is 12.1. The summed E-state index contributed by atoms with van der Waals surface area (Å²) >= 11 is 0. The molecule has 2 nitrogen and oxygen atoms in total.